The number of furan rings is 1. The lowest BCUT2D eigenvalue weighted by molar-refractivity contribution is 0.197. The van der Waals surface area contributed by atoms with Crippen LogP contribution in [0.4, 0.5) is 0 Å². The van der Waals surface area contributed by atoms with Crippen molar-refractivity contribution < 1.29 is 4.42 Å². The molecule has 0 aliphatic carbocycles. The first-order chi connectivity index (χ1) is 9.24. The summed E-state index contributed by atoms with van der Waals surface area (Å²) >= 11 is 0. The van der Waals surface area contributed by atoms with Crippen molar-refractivity contribution in [3.05, 3.63) is 29.9 Å². The fourth-order valence-electron chi connectivity index (χ4n) is 2.59. The van der Waals surface area contributed by atoms with E-state index in [0.29, 0.717) is 6.04 Å². The Balaban J connectivity index is 1.77. The van der Waals surface area contributed by atoms with Crippen LogP contribution < -0.4 is 5.32 Å². The maximum atomic E-state index is 5.42. The van der Waals surface area contributed by atoms with E-state index in [4.69, 9.17) is 4.42 Å². The van der Waals surface area contributed by atoms with Gasteiger partial charge in [0.15, 0.2) is 5.76 Å². The van der Waals surface area contributed by atoms with Gasteiger partial charge in [-0.25, -0.2) is 4.98 Å². The summed E-state index contributed by atoms with van der Waals surface area (Å²) in [4.78, 5) is 10.4. The van der Waals surface area contributed by atoms with Crippen LogP contribution >= 0.6 is 0 Å². The molecule has 1 unspecified atom stereocenters. The lowest BCUT2D eigenvalue weighted by Gasteiger charge is -2.32. The summed E-state index contributed by atoms with van der Waals surface area (Å²) in [6.45, 7) is 5.22. The second-order valence-corrected chi connectivity index (χ2v) is 5.18. The van der Waals surface area contributed by atoms with E-state index in [-0.39, 0.29) is 0 Å². The number of rotatable bonds is 3. The molecule has 3 rings (SSSR count). The molecule has 0 aromatic carbocycles. The van der Waals surface area contributed by atoms with Crippen molar-refractivity contribution >= 4 is 0 Å². The van der Waals surface area contributed by atoms with Crippen LogP contribution in [-0.2, 0) is 6.42 Å². The van der Waals surface area contributed by atoms with Crippen LogP contribution in [0.3, 0.4) is 0 Å². The van der Waals surface area contributed by atoms with E-state index < -0.39 is 0 Å². The highest BCUT2D eigenvalue weighted by Crippen LogP contribution is 2.22. The fourth-order valence-corrected chi connectivity index (χ4v) is 2.59. The summed E-state index contributed by atoms with van der Waals surface area (Å²) in [5.74, 6) is 1.86. The molecule has 1 aliphatic rings. The quantitative estimate of drug-likeness (QED) is 0.876. The molecule has 19 heavy (non-hydrogen) atoms. The molecule has 5 nitrogen and oxygen atoms in total. The Morgan fingerprint density at radius 1 is 1.53 bits per heavy atom. The maximum absolute atomic E-state index is 5.42. The highest BCUT2D eigenvalue weighted by molar-refractivity contribution is 5.55. The lowest BCUT2D eigenvalue weighted by Crippen LogP contribution is -2.50. The molecule has 5 heteroatoms. The molecule has 0 amide bonds. The number of hydrogen-bond acceptors (Lipinski definition) is 4. The van der Waals surface area contributed by atoms with E-state index in [1.807, 2.05) is 19.1 Å². The van der Waals surface area contributed by atoms with Crippen molar-refractivity contribution in [2.45, 2.75) is 19.4 Å². The van der Waals surface area contributed by atoms with Crippen LogP contribution in [0, 0.1) is 6.92 Å². The van der Waals surface area contributed by atoms with Crippen LogP contribution in [0.5, 0.6) is 0 Å². The van der Waals surface area contributed by atoms with E-state index in [1.165, 1.54) is 0 Å². The summed E-state index contributed by atoms with van der Waals surface area (Å²) in [7, 11) is 2.18. The van der Waals surface area contributed by atoms with Crippen molar-refractivity contribution in [3.8, 4) is 11.5 Å². The lowest BCUT2D eigenvalue weighted by atomic mass is 10.1. The van der Waals surface area contributed by atoms with Gasteiger partial charge in [-0.15, -0.1) is 0 Å². The first-order valence-electron chi connectivity index (χ1n) is 6.74. The molecule has 2 aromatic heterocycles. The third kappa shape index (κ3) is 2.57. The monoisotopic (exact) mass is 260 g/mol. The average Bonchev–Trinajstić information content (AvgIpc) is 3.01. The Kier molecular flexibility index (Phi) is 3.40. The minimum absolute atomic E-state index is 0.503. The smallest absolute Gasteiger partial charge is 0.154 e. The van der Waals surface area contributed by atoms with E-state index >= 15 is 0 Å². The Hall–Kier alpha value is -1.59. The van der Waals surface area contributed by atoms with Crippen molar-refractivity contribution in [1.82, 2.24) is 20.2 Å². The molecule has 1 fully saturated rings. The molecule has 0 saturated carbocycles. The molecule has 2 N–H and O–H groups in total. The second kappa shape index (κ2) is 5.19. The van der Waals surface area contributed by atoms with Crippen molar-refractivity contribution in [2.24, 2.45) is 0 Å². The SMILES string of the molecule is Cc1[nH]c(CC2CNCCN2C)nc1-c1ccco1. The van der Waals surface area contributed by atoms with Gasteiger partial charge in [0.2, 0.25) is 0 Å². The zero-order valence-electron chi connectivity index (χ0n) is 11.4. The summed E-state index contributed by atoms with van der Waals surface area (Å²) in [5.41, 5.74) is 1.99. The van der Waals surface area contributed by atoms with E-state index in [2.05, 4.69) is 27.2 Å². The maximum Gasteiger partial charge on any atom is 0.154 e. The van der Waals surface area contributed by atoms with Crippen molar-refractivity contribution in [1.29, 1.82) is 0 Å². The molecule has 0 spiro atoms. The molecular formula is C14H20N4O. The molecule has 1 saturated heterocycles. The number of nitrogens with one attached hydrogen (secondary N) is 2. The second-order valence-electron chi connectivity index (χ2n) is 5.18. The van der Waals surface area contributed by atoms with Crippen LogP contribution in [0.1, 0.15) is 11.5 Å². The number of aromatic amines is 1. The number of piperazine rings is 1. The highest BCUT2D eigenvalue weighted by Gasteiger charge is 2.21. The predicted molar refractivity (Wildman–Crippen MR) is 74.0 cm³/mol. The summed E-state index contributed by atoms with van der Waals surface area (Å²) in [6, 6.07) is 4.34. The molecule has 1 aliphatic heterocycles. The number of likely N-dealkylation sites (N-methyl/N-ethyl adjacent to an activating group) is 1. The summed E-state index contributed by atoms with van der Waals surface area (Å²) < 4.78 is 5.42. The summed E-state index contributed by atoms with van der Waals surface area (Å²) in [5, 5.41) is 3.43. The molecule has 2 aromatic rings. The number of nitrogens with zero attached hydrogens (tertiary/aromatic N) is 2. The van der Waals surface area contributed by atoms with Gasteiger partial charge >= 0.3 is 0 Å². The van der Waals surface area contributed by atoms with Gasteiger partial charge in [-0.3, -0.25) is 0 Å². The van der Waals surface area contributed by atoms with Gasteiger partial charge in [-0.2, -0.15) is 0 Å². The first kappa shape index (κ1) is 12.4. The minimum atomic E-state index is 0.503. The minimum Gasteiger partial charge on any atom is -0.463 e. The Morgan fingerprint density at radius 2 is 2.42 bits per heavy atom. The third-order valence-corrected chi connectivity index (χ3v) is 3.76. The molecule has 0 radical (unpaired) electrons. The third-order valence-electron chi connectivity index (χ3n) is 3.76. The topological polar surface area (TPSA) is 57.1 Å². The molecule has 102 valence electrons. The zero-order chi connectivity index (χ0) is 13.2. The van der Waals surface area contributed by atoms with Crippen molar-refractivity contribution in [2.75, 3.05) is 26.7 Å². The van der Waals surface area contributed by atoms with Gasteiger partial charge in [0.25, 0.3) is 0 Å². The number of hydrogen-bond donors (Lipinski definition) is 2. The fraction of sp³-hybridized carbons (Fsp3) is 0.500. The molecular weight excluding hydrogens is 240 g/mol. The first-order valence-corrected chi connectivity index (χ1v) is 6.74. The zero-order valence-corrected chi connectivity index (χ0v) is 11.4. The van der Waals surface area contributed by atoms with Gasteiger partial charge in [0, 0.05) is 37.8 Å². The standard InChI is InChI=1S/C14H20N4O/c1-10-14(12-4-3-7-19-12)17-13(16-10)8-11-9-15-5-6-18(11)2/h3-4,7,11,15H,5-6,8-9H2,1-2H3,(H,16,17). The van der Waals surface area contributed by atoms with Gasteiger partial charge in [0.05, 0.1) is 6.26 Å². The normalized spacial score (nSPS) is 20.8. The van der Waals surface area contributed by atoms with Crippen LogP contribution in [0.25, 0.3) is 11.5 Å². The number of H-pyrrole nitrogens is 1. The van der Waals surface area contributed by atoms with Crippen molar-refractivity contribution in [3.63, 3.8) is 0 Å². The van der Waals surface area contributed by atoms with Gasteiger partial charge < -0.3 is 19.6 Å². The molecule has 0 bridgehead atoms. The number of imidazole rings is 1. The van der Waals surface area contributed by atoms with Crippen LogP contribution in [-0.4, -0.2) is 47.6 Å². The Bertz CT molecular complexity index is 532. The van der Waals surface area contributed by atoms with Gasteiger partial charge in [0.1, 0.15) is 11.5 Å². The van der Waals surface area contributed by atoms with E-state index in [0.717, 1.165) is 49.0 Å². The predicted octanol–water partition coefficient (Wildman–Crippen LogP) is 1.42. The number of aromatic nitrogens is 2. The van der Waals surface area contributed by atoms with E-state index in [1.54, 1.807) is 6.26 Å². The average molecular weight is 260 g/mol. The highest BCUT2D eigenvalue weighted by atomic mass is 16.3. The Labute approximate surface area is 113 Å². The van der Waals surface area contributed by atoms with Crippen LogP contribution in [0.2, 0.25) is 0 Å². The summed E-state index contributed by atoms with van der Waals surface area (Å²) in [6.07, 6.45) is 2.62. The molecule has 1 atom stereocenters. The van der Waals surface area contributed by atoms with Gasteiger partial charge in [-0.05, 0) is 26.1 Å². The Morgan fingerprint density at radius 3 is 3.16 bits per heavy atom. The molecule has 3 heterocycles. The van der Waals surface area contributed by atoms with Crippen LogP contribution in [0.15, 0.2) is 22.8 Å². The van der Waals surface area contributed by atoms with E-state index in [9.17, 15) is 0 Å². The largest absolute Gasteiger partial charge is 0.463 e. The number of aryl methyl sites for hydroxylation is 1. The van der Waals surface area contributed by atoms with Gasteiger partial charge in [-0.1, -0.05) is 0 Å².